The molecule has 9 heteroatoms. The molecule has 1 aromatic rings. The number of hydrogen-bond acceptors (Lipinski definition) is 7. The molecular formula is C36H58N4O5. The van der Waals surface area contributed by atoms with E-state index < -0.39 is 29.7 Å². The molecule has 252 valence electrons. The summed E-state index contributed by atoms with van der Waals surface area (Å²) in [5.74, 6) is -0.719. The van der Waals surface area contributed by atoms with Gasteiger partial charge in [0, 0.05) is 31.2 Å². The molecule has 2 aliphatic rings. The van der Waals surface area contributed by atoms with Crippen LogP contribution in [0.5, 0.6) is 0 Å². The van der Waals surface area contributed by atoms with Crippen molar-refractivity contribution in [1.29, 1.82) is 0 Å². The first-order valence-corrected chi connectivity index (χ1v) is 16.8. The highest BCUT2D eigenvalue weighted by Crippen LogP contribution is 2.28. The topological polar surface area (TPSA) is 102 Å². The van der Waals surface area contributed by atoms with Crippen molar-refractivity contribution in [2.24, 2.45) is 11.3 Å². The predicted octanol–water partition coefficient (Wildman–Crippen LogP) is 4.74. The monoisotopic (exact) mass is 626 g/mol. The van der Waals surface area contributed by atoms with E-state index in [1.165, 1.54) is 0 Å². The number of hydrogen-bond donors (Lipinski definition) is 2. The SMILES string of the molecule is C/C(=C\[C@H](C(C)C)N(C)C(=O)C(N[C@H](O)C1CCCCN1C(C)C)C(C)(C)C)C(=O)N1CCC[C@H]1C(=O)OCc1ccccc1. The van der Waals surface area contributed by atoms with Crippen LogP contribution < -0.4 is 5.32 Å². The lowest BCUT2D eigenvalue weighted by Gasteiger charge is -2.44. The number of nitrogens with zero attached hydrogens (tertiary/aromatic N) is 3. The van der Waals surface area contributed by atoms with Gasteiger partial charge in [-0.3, -0.25) is 19.8 Å². The highest BCUT2D eigenvalue weighted by Gasteiger charge is 2.40. The summed E-state index contributed by atoms with van der Waals surface area (Å²) < 4.78 is 5.58. The van der Waals surface area contributed by atoms with Crippen LogP contribution in [-0.4, -0.2) is 94.2 Å². The van der Waals surface area contributed by atoms with Crippen molar-refractivity contribution >= 4 is 17.8 Å². The molecular weight excluding hydrogens is 568 g/mol. The summed E-state index contributed by atoms with van der Waals surface area (Å²) in [7, 11) is 1.77. The second-order valence-corrected chi connectivity index (χ2v) is 14.6. The molecule has 0 aliphatic carbocycles. The van der Waals surface area contributed by atoms with Gasteiger partial charge in [-0.25, -0.2) is 4.79 Å². The van der Waals surface area contributed by atoms with E-state index in [0.717, 1.165) is 37.8 Å². The third-order valence-corrected chi connectivity index (χ3v) is 9.32. The third kappa shape index (κ3) is 9.63. The lowest BCUT2D eigenvalue weighted by Crippen LogP contribution is -2.62. The van der Waals surface area contributed by atoms with E-state index in [9.17, 15) is 19.5 Å². The van der Waals surface area contributed by atoms with Gasteiger partial charge in [-0.2, -0.15) is 0 Å². The van der Waals surface area contributed by atoms with Crippen LogP contribution in [-0.2, 0) is 25.7 Å². The second kappa shape index (κ2) is 16.2. The second-order valence-electron chi connectivity index (χ2n) is 14.6. The average molecular weight is 627 g/mol. The molecule has 5 atom stereocenters. The number of ether oxygens (including phenoxy) is 1. The summed E-state index contributed by atoms with van der Waals surface area (Å²) in [4.78, 5) is 46.5. The van der Waals surface area contributed by atoms with E-state index in [4.69, 9.17) is 4.74 Å². The van der Waals surface area contributed by atoms with Gasteiger partial charge in [-0.15, -0.1) is 0 Å². The van der Waals surface area contributed by atoms with Crippen LogP contribution in [0.1, 0.15) is 93.1 Å². The van der Waals surface area contributed by atoms with Crippen LogP contribution in [0.3, 0.4) is 0 Å². The number of amides is 2. The van der Waals surface area contributed by atoms with Crippen molar-refractivity contribution in [3.8, 4) is 0 Å². The maximum absolute atomic E-state index is 14.2. The quantitative estimate of drug-likeness (QED) is 0.196. The van der Waals surface area contributed by atoms with Crippen LogP contribution in [0, 0.1) is 11.3 Å². The standard InChI is InChI=1S/C36H58N4O5/c1-24(2)30(22-26(5)33(42)40-21-15-19-29(40)35(44)45-23-27-16-11-10-12-17-27)38(9)34(43)31(36(6,7)8)37-32(41)28-18-13-14-20-39(28)25(3)4/h10-12,16-17,22,24-25,28-32,37,41H,13-15,18-21,23H2,1-9H3/b26-22+/t28?,29-,30+,31?,32+/m0/s1. The third-order valence-electron chi connectivity index (χ3n) is 9.32. The fourth-order valence-corrected chi connectivity index (χ4v) is 6.67. The molecule has 2 amide bonds. The lowest BCUT2D eigenvalue weighted by atomic mass is 9.84. The van der Waals surface area contributed by atoms with Crippen LogP contribution in [0.15, 0.2) is 42.0 Å². The van der Waals surface area contributed by atoms with E-state index >= 15 is 0 Å². The number of benzene rings is 1. The van der Waals surface area contributed by atoms with Gasteiger partial charge in [0.1, 0.15) is 18.9 Å². The molecule has 0 aromatic heterocycles. The Morgan fingerprint density at radius 1 is 1.04 bits per heavy atom. The minimum atomic E-state index is -0.848. The molecule has 0 spiro atoms. The molecule has 9 nitrogen and oxygen atoms in total. The molecule has 0 radical (unpaired) electrons. The minimum Gasteiger partial charge on any atom is -0.459 e. The van der Waals surface area contributed by atoms with Gasteiger partial charge in [-0.05, 0) is 69.9 Å². The lowest BCUT2D eigenvalue weighted by molar-refractivity contribution is -0.153. The van der Waals surface area contributed by atoms with Crippen LogP contribution in [0.25, 0.3) is 0 Å². The number of rotatable bonds is 12. The van der Waals surface area contributed by atoms with Crippen molar-refractivity contribution in [2.45, 2.75) is 131 Å². The number of aliphatic hydroxyl groups excluding tert-OH is 1. The van der Waals surface area contributed by atoms with E-state index in [1.54, 1.807) is 23.8 Å². The van der Waals surface area contributed by atoms with Crippen molar-refractivity contribution in [1.82, 2.24) is 20.0 Å². The number of carbonyl (C=O) groups is 3. The minimum absolute atomic E-state index is 0.0206. The number of nitrogens with one attached hydrogen (secondary N) is 1. The molecule has 3 rings (SSSR count). The Balaban J connectivity index is 1.74. The highest BCUT2D eigenvalue weighted by atomic mass is 16.5. The average Bonchev–Trinajstić information content (AvgIpc) is 3.50. The molecule has 45 heavy (non-hydrogen) atoms. The van der Waals surface area contributed by atoms with Gasteiger partial charge < -0.3 is 19.6 Å². The Kier molecular flexibility index (Phi) is 13.2. The van der Waals surface area contributed by atoms with Gasteiger partial charge in [-0.1, -0.05) is 77.4 Å². The Morgan fingerprint density at radius 3 is 2.31 bits per heavy atom. The maximum atomic E-state index is 14.2. The summed E-state index contributed by atoms with van der Waals surface area (Å²) in [6, 6.07) is 8.13. The van der Waals surface area contributed by atoms with Crippen molar-refractivity contribution in [3.63, 3.8) is 0 Å². The van der Waals surface area contributed by atoms with E-state index in [2.05, 4.69) is 24.1 Å². The first-order chi connectivity index (χ1) is 21.1. The zero-order valence-electron chi connectivity index (χ0n) is 29.1. The number of likely N-dealkylation sites (N-methyl/N-ethyl adjacent to an activating group) is 1. The Labute approximate surface area is 271 Å². The Morgan fingerprint density at radius 2 is 1.71 bits per heavy atom. The largest absolute Gasteiger partial charge is 0.459 e. The van der Waals surface area contributed by atoms with Crippen LogP contribution in [0.4, 0.5) is 0 Å². The first kappa shape index (κ1) is 36.7. The molecule has 2 fully saturated rings. The molecule has 2 unspecified atom stereocenters. The Bertz CT molecular complexity index is 1160. The normalized spacial score (nSPS) is 22.0. The van der Waals surface area contributed by atoms with Gasteiger partial charge >= 0.3 is 5.97 Å². The number of aliphatic hydroxyl groups is 1. The van der Waals surface area contributed by atoms with Crippen molar-refractivity contribution in [3.05, 3.63) is 47.5 Å². The number of esters is 1. The van der Waals surface area contributed by atoms with Crippen molar-refractivity contribution in [2.75, 3.05) is 20.1 Å². The maximum Gasteiger partial charge on any atom is 0.329 e. The van der Waals surface area contributed by atoms with E-state index in [-0.39, 0.29) is 36.4 Å². The summed E-state index contributed by atoms with van der Waals surface area (Å²) in [6.45, 7) is 17.7. The molecule has 1 aromatic carbocycles. The van der Waals surface area contributed by atoms with Gasteiger partial charge in [0.05, 0.1) is 12.1 Å². The molecule has 2 saturated heterocycles. The molecule has 2 N–H and O–H groups in total. The number of likely N-dealkylation sites (tertiary alicyclic amines) is 2. The van der Waals surface area contributed by atoms with Gasteiger partial charge in [0.25, 0.3) is 0 Å². The highest BCUT2D eigenvalue weighted by molar-refractivity contribution is 5.96. The fraction of sp³-hybridized carbons (Fsp3) is 0.694. The zero-order chi connectivity index (χ0) is 33.5. The smallest absolute Gasteiger partial charge is 0.329 e. The molecule has 2 aliphatic heterocycles. The number of carbonyl (C=O) groups excluding carboxylic acids is 3. The van der Waals surface area contributed by atoms with E-state index in [1.807, 2.05) is 71.0 Å². The van der Waals surface area contributed by atoms with Gasteiger partial charge in [0.15, 0.2) is 0 Å². The summed E-state index contributed by atoms with van der Waals surface area (Å²) in [6.07, 6.45) is 5.34. The van der Waals surface area contributed by atoms with Crippen LogP contribution >= 0.6 is 0 Å². The molecule has 0 bridgehead atoms. The zero-order valence-corrected chi connectivity index (χ0v) is 29.1. The van der Waals surface area contributed by atoms with E-state index in [0.29, 0.717) is 24.6 Å². The first-order valence-electron chi connectivity index (χ1n) is 16.8. The Hall–Kier alpha value is -2.75. The van der Waals surface area contributed by atoms with Gasteiger partial charge in [0.2, 0.25) is 11.8 Å². The van der Waals surface area contributed by atoms with Crippen molar-refractivity contribution < 1.29 is 24.2 Å². The number of piperidine rings is 1. The van der Waals surface area contributed by atoms with Crippen LogP contribution in [0.2, 0.25) is 0 Å². The molecule has 2 heterocycles. The summed E-state index contributed by atoms with van der Waals surface area (Å²) in [5.41, 5.74) is 0.922. The summed E-state index contributed by atoms with van der Waals surface area (Å²) in [5, 5.41) is 14.7. The fourth-order valence-electron chi connectivity index (χ4n) is 6.67. The summed E-state index contributed by atoms with van der Waals surface area (Å²) >= 11 is 0. The molecule has 0 saturated carbocycles. The predicted molar refractivity (Wildman–Crippen MR) is 178 cm³/mol.